The van der Waals surface area contributed by atoms with Crippen LogP contribution >= 0.6 is 58.0 Å². The highest BCUT2D eigenvalue weighted by atomic mass is 35.5. The predicted molar refractivity (Wildman–Crippen MR) is 78.0 cm³/mol. The monoisotopic (exact) mass is 340 g/mol. The Bertz CT molecular complexity index is 597. The van der Waals surface area contributed by atoms with E-state index in [1.54, 1.807) is 24.3 Å². The first-order valence-electron chi connectivity index (χ1n) is 4.75. The lowest BCUT2D eigenvalue weighted by atomic mass is 10.3. The third-order valence-electron chi connectivity index (χ3n) is 2.08. The maximum absolute atomic E-state index is 6.01. The van der Waals surface area contributed by atoms with Crippen LogP contribution in [0.5, 0.6) is 11.5 Å². The topological polar surface area (TPSA) is 9.23 Å². The maximum atomic E-state index is 6.01. The van der Waals surface area contributed by atoms with Gasteiger partial charge in [0.1, 0.15) is 16.5 Å². The van der Waals surface area contributed by atoms with Crippen molar-refractivity contribution >= 4 is 58.0 Å². The Kier molecular flexibility index (Phi) is 4.52. The van der Waals surface area contributed by atoms with Crippen LogP contribution in [-0.2, 0) is 0 Å². The van der Waals surface area contributed by atoms with E-state index in [1.165, 1.54) is 6.07 Å². The van der Waals surface area contributed by atoms with Crippen molar-refractivity contribution in [2.24, 2.45) is 0 Å². The molecular weight excluding hydrogens is 337 g/mol. The summed E-state index contributed by atoms with van der Waals surface area (Å²) in [6, 6.07) is 7.97. The number of rotatable bonds is 2. The quantitative estimate of drug-likeness (QED) is 0.549. The molecule has 0 unspecified atom stereocenters. The van der Waals surface area contributed by atoms with E-state index in [1.807, 2.05) is 0 Å². The fourth-order valence-corrected chi connectivity index (χ4v) is 2.18. The molecule has 2 rings (SSSR count). The third kappa shape index (κ3) is 3.17. The SMILES string of the molecule is Clc1cc(Cl)c(Cl)c(Oc2ccc(Cl)c(Cl)c2)c1. The van der Waals surface area contributed by atoms with Gasteiger partial charge in [0.2, 0.25) is 0 Å². The second-order valence-corrected chi connectivity index (χ2v) is 5.41. The van der Waals surface area contributed by atoms with E-state index in [0.29, 0.717) is 31.6 Å². The zero-order valence-electron chi connectivity index (χ0n) is 8.68. The van der Waals surface area contributed by atoms with Crippen LogP contribution in [0.3, 0.4) is 0 Å². The lowest BCUT2D eigenvalue weighted by molar-refractivity contribution is 0.483. The van der Waals surface area contributed by atoms with Crippen molar-refractivity contribution in [3.8, 4) is 11.5 Å². The molecule has 0 atom stereocenters. The Balaban J connectivity index is 2.36. The van der Waals surface area contributed by atoms with E-state index in [2.05, 4.69) is 0 Å². The van der Waals surface area contributed by atoms with Gasteiger partial charge in [0.15, 0.2) is 0 Å². The van der Waals surface area contributed by atoms with E-state index in [0.717, 1.165) is 0 Å². The molecule has 0 radical (unpaired) electrons. The molecule has 18 heavy (non-hydrogen) atoms. The van der Waals surface area contributed by atoms with E-state index in [4.69, 9.17) is 62.7 Å². The van der Waals surface area contributed by atoms with Crippen LogP contribution < -0.4 is 4.74 Å². The van der Waals surface area contributed by atoms with Crippen LogP contribution in [0.1, 0.15) is 0 Å². The summed E-state index contributed by atoms with van der Waals surface area (Å²) in [5.74, 6) is 0.845. The van der Waals surface area contributed by atoms with Crippen molar-refractivity contribution < 1.29 is 4.74 Å². The number of ether oxygens (including phenoxy) is 1. The first-order valence-corrected chi connectivity index (χ1v) is 6.64. The summed E-state index contributed by atoms with van der Waals surface area (Å²) in [5, 5.41) is 1.86. The highest BCUT2D eigenvalue weighted by Gasteiger charge is 2.10. The van der Waals surface area contributed by atoms with Crippen LogP contribution in [0, 0.1) is 0 Å². The molecule has 0 spiro atoms. The smallest absolute Gasteiger partial charge is 0.149 e. The lowest BCUT2D eigenvalue weighted by Gasteiger charge is -2.09. The minimum absolute atomic E-state index is 0.284. The predicted octanol–water partition coefficient (Wildman–Crippen LogP) is 6.75. The molecule has 0 heterocycles. The number of hydrogen-bond donors (Lipinski definition) is 0. The Morgan fingerprint density at radius 2 is 1.44 bits per heavy atom. The third-order valence-corrected chi connectivity index (χ3v) is 3.82. The van der Waals surface area contributed by atoms with Gasteiger partial charge in [0.25, 0.3) is 0 Å². The summed E-state index contributed by atoms with van der Waals surface area (Å²) in [4.78, 5) is 0. The molecule has 0 aromatic heterocycles. The van der Waals surface area contributed by atoms with Crippen LogP contribution in [0.25, 0.3) is 0 Å². The Hall–Kier alpha value is -0.310. The van der Waals surface area contributed by atoms with Crippen molar-refractivity contribution in [1.29, 1.82) is 0 Å². The summed E-state index contributed by atoms with van der Waals surface area (Å²) in [6.45, 7) is 0. The van der Waals surface area contributed by atoms with Gasteiger partial charge in [0, 0.05) is 17.2 Å². The molecule has 6 heteroatoms. The summed E-state index contributed by atoms with van der Waals surface area (Å²) in [7, 11) is 0. The van der Waals surface area contributed by atoms with E-state index < -0.39 is 0 Å². The molecule has 94 valence electrons. The summed E-state index contributed by atoms with van der Waals surface area (Å²) in [6.07, 6.45) is 0. The minimum Gasteiger partial charge on any atom is -0.456 e. The van der Waals surface area contributed by atoms with Crippen LogP contribution in [0.15, 0.2) is 30.3 Å². The van der Waals surface area contributed by atoms with Gasteiger partial charge in [-0.2, -0.15) is 0 Å². The molecule has 0 amide bonds. The van der Waals surface area contributed by atoms with Gasteiger partial charge in [-0.1, -0.05) is 58.0 Å². The van der Waals surface area contributed by atoms with Crippen molar-refractivity contribution in [1.82, 2.24) is 0 Å². The molecule has 0 fully saturated rings. The standard InChI is InChI=1S/C12H5Cl5O/c13-6-3-10(16)12(17)11(4-6)18-7-1-2-8(14)9(15)5-7/h1-5H. The minimum atomic E-state index is 0.284. The van der Waals surface area contributed by atoms with E-state index in [-0.39, 0.29) is 5.02 Å². The van der Waals surface area contributed by atoms with Gasteiger partial charge in [-0.3, -0.25) is 0 Å². The number of hydrogen-bond acceptors (Lipinski definition) is 1. The molecule has 2 aromatic carbocycles. The second kappa shape index (κ2) is 5.77. The largest absolute Gasteiger partial charge is 0.456 e. The second-order valence-electron chi connectivity index (χ2n) is 3.38. The molecule has 0 saturated carbocycles. The molecule has 2 aromatic rings. The maximum Gasteiger partial charge on any atom is 0.149 e. The number of benzene rings is 2. The average molecular weight is 342 g/mol. The van der Waals surface area contributed by atoms with E-state index in [9.17, 15) is 0 Å². The molecular formula is C12H5Cl5O. The lowest BCUT2D eigenvalue weighted by Crippen LogP contribution is -1.86. The van der Waals surface area contributed by atoms with Crippen LogP contribution in [-0.4, -0.2) is 0 Å². The van der Waals surface area contributed by atoms with Crippen molar-refractivity contribution in [3.63, 3.8) is 0 Å². The normalized spacial score (nSPS) is 10.5. The van der Waals surface area contributed by atoms with Gasteiger partial charge < -0.3 is 4.74 Å². The highest BCUT2D eigenvalue weighted by Crippen LogP contribution is 2.38. The Morgan fingerprint density at radius 3 is 2.11 bits per heavy atom. The zero-order chi connectivity index (χ0) is 13.3. The number of halogens is 5. The molecule has 0 aliphatic heterocycles. The Morgan fingerprint density at radius 1 is 0.722 bits per heavy atom. The fourth-order valence-electron chi connectivity index (χ4n) is 1.27. The molecule has 0 aliphatic carbocycles. The van der Waals surface area contributed by atoms with Crippen LogP contribution in [0.4, 0.5) is 0 Å². The Labute approximate surface area is 129 Å². The first kappa shape index (κ1) is 14.1. The molecule has 0 N–H and O–H groups in total. The molecule has 0 aliphatic rings. The van der Waals surface area contributed by atoms with Gasteiger partial charge >= 0.3 is 0 Å². The van der Waals surface area contributed by atoms with Gasteiger partial charge in [-0.25, -0.2) is 0 Å². The van der Waals surface area contributed by atoms with E-state index >= 15 is 0 Å². The zero-order valence-corrected chi connectivity index (χ0v) is 12.5. The van der Waals surface area contributed by atoms with Crippen LogP contribution in [0.2, 0.25) is 25.1 Å². The first-order chi connectivity index (χ1) is 8.47. The van der Waals surface area contributed by atoms with Gasteiger partial charge in [0.05, 0.1) is 15.1 Å². The summed E-state index contributed by atoms with van der Waals surface area (Å²) < 4.78 is 5.56. The van der Waals surface area contributed by atoms with Crippen molar-refractivity contribution in [2.75, 3.05) is 0 Å². The molecule has 0 bridgehead atoms. The van der Waals surface area contributed by atoms with Gasteiger partial charge in [-0.05, 0) is 18.2 Å². The molecule has 0 saturated heterocycles. The fraction of sp³-hybridized carbons (Fsp3) is 0. The highest BCUT2D eigenvalue weighted by molar-refractivity contribution is 6.44. The molecule has 1 nitrogen and oxygen atoms in total. The summed E-state index contributed by atoms with van der Waals surface area (Å²) in [5.41, 5.74) is 0. The average Bonchev–Trinajstić information content (AvgIpc) is 2.30. The summed E-state index contributed by atoms with van der Waals surface area (Å²) >= 11 is 29.5. The van der Waals surface area contributed by atoms with Crippen molar-refractivity contribution in [2.45, 2.75) is 0 Å². The van der Waals surface area contributed by atoms with Gasteiger partial charge in [-0.15, -0.1) is 0 Å². The van der Waals surface area contributed by atoms with Crippen molar-refractivity contribution in [3.05, 3.63) is 55.4 Å².